The van der Waals surface area contributed by atoms with Crippen LogP contribution in [-0.4, -0.2) is 11.1 Å². The molecule has 1 aromatic rings. The van der Waals surface area contributed by atoms with Gasteiger partial charge in [0.1, 0.15) is 6.42 Å². The molecule has 0 amide bonds. The number of benzene rings is 1. The predicted molar refractivity (Wildman–Crippen MR) is 50.6 cm³/mol. The van der Waals surface area contributed by atoms with Gasteiger partial charge in [0.2, 0.25) is 0 Å². The van der Waals surface area contributed by atoms with Crippen molar-refractivity contribution in [3.63, 3.8) is 0 Å². The zero-order valence-corrected chi connectivity index (χ0v) is 8.01. The number of hydrogen-bond donors (Lipinski definition) is 1. The lowest BCUT2D eigenvalue weighted by molar-refractivity contribution is -0.138. The summed E-state index contributed by atoms with van der Waals surface area (Å²) in [6.07, 6.45) is -4.70. The highest BCUT2D eigenvalue weighted by atomic mass is 19.4. The van der Waals surface area contributed by atoms with Gasteiger partial charge in [-0.1, -0.05) is 11.8 Å². The van der Waals surface area contributed by atoms with Gasteiger partial charge in [-0.2, -0.15) is 13.2 Å². The minimum Gasteiger partial charge on any atom is -0.481 e. The Balaban J connectivity index is 2.78. The molecule has 0 fully saturated rings. The van der Waals surface area contributed by atoms with Crippen molar-refractivity contribution in [2.24, 2.45) is 0 Å². The Morgan fingerprint density at radius 1 is 1.25 bits per heavy atom. The van der Waals surface area contributed by atoms with Crippen molar-refractivity contribution >= 4 is 5.97 Å². The first kappa shape index (κ1) is 12.1. The largest absolute Gasteiger partial charge is 0.481 e. The van der Waals surface area contributed by atoms with Crippen LogP contribution in [0.3, 0.4) is 0 Å². The average molecular weight is 228 g/mol. The Morgan fingerprint density at radius 2 is 1.81 bits per heavy atom. The molecule has 0 bridgehead atoms. The standard InChI is InChI=1S/C11H7F3O2/c12-11(13,14)9-6-4-8(5-7-9)2-1-3-10(15)16/h4-7H,3H2,(H,15,16). The van der Waals surface area contributed by atoms with E-state index in [4.69, 9.17) is 5.11 Å². The molecule has 0 heterocycles. The van der Waals surface area contributed by atoms with Crippen LogP contribution in [0.25, 0.3) is 0 Å². The molecule has 0 atom stereocenters. The molecule has 0 aliphatic heterocycles. The molecule has 1 rings (SSSR count). The van der Waals surface area contributed by atoms with E-state index in [1.807, 2.05) is 0 Å². The number of alkyl halides is 3. The second-order valence-electron chi connectivity index (χ2n) is 2.95. The molecule has 0 radical (unpaired) electrons. The highest BCUT2D eigenvalue weighted by Gasteiger charge is 2.29. The quantitative estimate of drug-likeness (QED) is 0.750. The van der Waals surface area contributed by atoms with Crippen molar-refractivity contribution in [2.75, 3.05) is 0 Å². The highest BCUT2D eigenvalue weighted by Crippen LogP contribution is 2.28. The van der Waals surface area contributed by atoms with Crippen LogP contribution in [0.2, 0.25) is 0 Å². The maximum Gasteiger partial charge on any atom is 0.416 e. The summed E-state index contributed by atoms with van der Waals surface area (Å²) in [4.78, 5) is 10.1. The van der Waals surface area contributed by atoms with E-state index in [0.717, 1.165) is 12.1 Å². The Bertz CT molecular complexity index is 435. The number of carbonyl (C=O) groups is 1. The van der Waals surface area contributed by atoms with Crippen LogP contribution in [0.4, 0.5) is 13.2 Å². The van der Waals surface area contributed by atoms with Gasteiger partial charge in [0.15, 0.2) is 0 Å². The number of carboxylic acids is 1. The van der Waals surface area contributed by atoms with Gasteiger partial charge in [0.25, 0.3) is 0 Å². The molecular formula is C11H7F3O2. The zero-order valence-electron chi connectivity index (χ0n) is 8.01. The van der Waals surface area contributed by atoms with Crippen molar-refractivity contribution in [3.8, 4) is 11.8 Å². The van der Waals surface area contributed by atoms with Gasteiger partial charge < -0.3 is 5.11 Å². The lowest BCUT2D eigenvalue weighted by atomic mass is 10.1. The monoisotopic (exact) mass is 228 g/mol. The average Bonchev–Trinajstić information content (AvgIpc) is 2.16. The molecule has 2 nitrogen and oxygen atoms in total. The Morgan fingerprint density at radius 3 is 2.25 bits per heavy atom. The second kappa shape index (κ2) is 4.71. The van der Waals surface area contributed by atoms with E-state index < -0.39 is 17.7 Å². The maximum absolute atomic E-state index is 12.2. The van der Waals surface area contributed by atoms with Crippen molar-refractivity contribution in [3.05, 3.63) is 35.4 Å². The van der Waals surface area contributed by atoms with Crippen LogP contribution >= 0.6 is 0 Å². The van der Waals surface area contributed by atoms with E-state index in [2.05, 4.69) is 11.8 Å². The van der Waals surface area contributed by atoms with E-state index in [-0.39, 0.29) is 6.42 Å². The van der Waals surface area contributed by atoms with E-state index in [1.54, 1.807) is 0 Å². The van der Waals surface area contributed by atoms with Gasteiger partial charge in [0, 0.05) is 5.56 Å². The first-order valence-corrected chi connectivity index (χ1v) is 4.27. The van der Waals surface area contributed by atoms with Gasteiger partial charge in [-0.15, -0.1) is 0 Å². The van der Waals surface area contributed by atoms with E-state index in [1.165, 1.54) is 12.1 Å². The number of halogens is 3. The Kier molecular flexibility index (Phi) is 3.56. The Labute approximate surface area is 89.7 Å². The summed E-state index contributed by atoms with van der Waals surface area (Å²) in [5.41, 5.74) is -0.398. The topological polar surface area (TPSA) is 37.3 Å². The summed E-state index contributed by atoms with van der Waals surface area (Å²) in [6.45, 7) is 0. The van der Waals surface area contributed by atoms with Crippen LogP contribution in [0.15, 0.2) is 24.3 Å². The highest BCUT2D eigenvalue weighted by molar-refractivity contribution is 5.70. The predicted octanol–water partition coefficient (Wildman–Crippen LogP) is 2.53. The molecule has 1 aromatic carbocycles. The Hall–Kier alpha value is -1.96. The maximum atomic E-state index is 12.2. The van der Waals surface area contributed by atoms with Crippen molar-refractivity contribution in [1.82, 2.24) is 0 Å². The number of carboxylic acid groups (broad SMARTS) is 1. The molecule has 0 saturated heterocycles. The summed E-state index contributed by atoms with van der Waals surface area (Å²) >= 11 is 0. The normalized spacial score (nSPS) is 10.4. The summed E-state index contributed by atoms with van der Waals surface area (Å²) in [7, 11) is 0. The molecule has 84 valence electrons. The summed E-state index contributed by atoms with van der Waals surface area (Å²) in [6, 6.07) is 4.23. The molecule has 1 N–H and O–H groups in total. The SMILES string of the molecule is O=C(O)CC#Cc1ccc(C(F)(F)F)cc1. The van der Waals surface area contributed by atoms with Gasteiger partial charge in [-0.3, -0.25) is 4.79 Å². The van der Waals surface area contributed by atoms with Crippen LogP contribution in [-0.2, 0) is 11.0 Å². The zero-order chi connectivity index (χ0) is 12.2. The van der Waals surface area contributed by atoms with E-state index in [0.29, 0.717) is 5.56 Å². The van der Waals surface area contributed by atoms with Crippen molar-refractivity contribution in [1.29, 1.82) is 0 Å². The fourth-order valence-corrected chi connectivity index (χ4v) is 0.964. The van der Waals surface area contributed by atoms with Crippen LogP contribution in [0.1, 0.15) is 17.5 Å². The molecule has 0 aliphatic carbocycles. The lowest BCUT2D eigenvalue weighted by Gasteiger charge is -2.05. The van der Waals surface area contributed by atoms with Crippen LogP contribution in [0.5, 0.6) is 0 Å². The van der Waals surface area contributed by atoms with Gasteiger partial charge in [-0.25, -0.2) is 0 Å². The molecule has 0 spiro atoms. The van der Waals surface area contributed by atoms with Crippen LogP contribution < -0.4 is 0 Å². The van der Waals surface area contributed by atoms with E-state index in [9.17, 15) is 18.0 Å². The lowest BCUT2D eigenvalue weighted by Crippen LogP contribution is -2.04. The second-order valence-corrected chi connectivity index (χ2v) is 2.95. The number of aliphatic carboxylic acids is 1. The fourth-order valence-electron chi connectivity index (χ4n) is 0.964. The summed E-state index contributed by atoms with van der Waals surface area (Å²) in [5.74, 6) is 3.72. The van der Waals surface area contributed by atoms with Gasteiger partial charge in [-0.05, 0) is 24.3 Å². The molecule has 0 unspecified atom stereocenters. The molecular weight excluding hydrogens is 221 g/mol. The number of hydrogen-bond acceptors (Lipinski definition) is 1. The number of rotatable bonds is 1. The van der Waals surface area contributed by atoms with Crippen molar-refractivity contribution < 1.29 is 23.1 Å². The summed E-state index contributed by atoms with van der Waals surface area (Å²) in [5, 5.41) is 8.29. The van der Waals surface area contributed by atoms with E-state index >= 15 is 0 Å². The molecule has 0 aromatic heterocycles. The fraction of sp³-hybridized carbons (Fsp3) is 0.182. The minimum absolute atomic E-state index is 0.332. The van der Waals surface area contributed by atoms with Crippen LogP contribution in [0, 0.1) is 11.8 Å². The van der Waals surface area contributed by atoms with Crippen molar-refractivity contribution in [2.45, 2.75) is 12.6 Å². The molecule has 0 aliphatic rings. The third kappa shape index (κ3) is 3.65. The van der Waals surface area contributed by atoms with Gasteiger partial charge >= 0.3 is 12.1 Å². The smallest absolute Gasteiger partial charge is 0.416 e. The summed E-state index contributed by atoms with van der Waals surface area (Å²) < 4.78 is 36.5. The molecule has 16 heavy (non-hydrogen) atoms. The molecule has 5 heteroatoms. The minimum atomic E-state index is -4.37. The third-order valence-corrected chi connectivity index (χ3v) is 1.68. The third-order valence-electron chi connectivity index (χ3n) is 1.68. The first-order chi connectivity index (χ1) is 7.39. The molecule has 0 saturated carbocycles. The first-order valence-electron chi connectivity index (χ1n) is 4.27. The van der Waals surface area contributed by atoms with Gasteiger partial charge in [0.05, 0.1) is 5.56 Å².